The van der Waals surface area contributed by atoms with E-state index in [1.54, 1.807) is 0 Å². The lowest BCUT2D eigenvalue weighted by molar-refractivity contribution is -0.108. The monoisotopic (exact) mass is 128 g/mol. The predicted molar refractivity (Wildman–Crippen MR) is 20.9 cm³/mol. The molecule has 0 bridgehead atoms. The Labute approximate surface area is 43.8 Å². The van der Waals surface area contributed by atoms with Gasteiger partial charge in [-0.3, -0.25) is 0 Å². The van der Waals surface area contributed by atoms with Gasteiger partial charge in [-0.25, -0.2) is 4.39 Å². The molecule has 0 aliphatic carbocycles. The van der Waals surface area contributed by atoms with E-state index in [1.165, 1.54) is 0 Å². The normalized spacial score (nSPS) is 14.4. The van der Waals surface area contributed by atoms with Crippen LogP contribution >= 0.6 is 0 Å². The molecule has 8 heavy (non-hydrogen) atoms. The number of rotatable bonds is 0. The SMILES string of the molecule is CC=C(F)C(F)(F)F. The maximum Gasteiger partial charge on any atom is 0.442 e. The third-order valence-electron chi connectivity index (χ3n) is 0.524. The molecule has 0 aliphatic heterocycles. The largest absolute Gasteiger partial charge is 0.442 e. The van der Waals surface area contributed by atoms with Crippen LogP contribution in [0.4, 0.5) is 17.6 Å². The molecular formula is C4H4F4. The molecule has 0 aromatic carbocycles. The summed E-state index contributed by atoms with van der Waals surface area (Å²) < 4.78 is 44.4. The van der Waals surface area contributed by atoms with Gasteiger partial charge in [-0.05, 0) is 13.0 Å². The van der Waals surface area contributed by atoms with E-state index in [0.29, 0.717) is 6.08 Å². The van der Waals surface area contributed by atoms with Crippen LogP contribution in [0.3, 0.4) is 0 Å². The van der Waals surface area contributed by atoms with E-state index in [-0.39, 0.29) is 0 Å². The first-order valence-corrected chi connectivity index (χ1v) is 1.87. The molecule has 48 valence electrons. The van der Waals surface area contributed by atoms with Crippen molar-refractivity contribution in [1.29, 1.82) is 0 Å². The summed E-state index contributed by atoms with van der Waals surface area (Å²) in [6.07, 6.45) is -4.42. The van der Waals surface area contributed by atoms with E-state index >= 15 is 0 Å². The van der Waals surface area contributed by atoms with E-state index in [2.05, 4.69) is 0 Å². The highest BCUT2D eigenvalue weighted by Gasteiger charge is 2.33. The van der Waals surface area contributed by atoms with Crippen LogP contribution in [0, 0.1) is 0 Å². The second-order valence-electron chi connectivity index (χ2n) is 1.13. The summed E-state index contributed by atoms with van der Waals surface area (Å²) in [5.74, 6) is -2.04. The molecular weight excluding hydrogens is 124 g/mol. The third-order valence-corrected chi connectivity index (χ3v) is 0.524. The molecule has 0 atom stereocenters. The summed E-state index contributed by atoms with van der Waals surface area (Å²) in [7, 11) is 0. The van der Waals surface area contributed by atoms with Crippen molar-refractivity contribution in [3.63, 3.8) is 0 Å². The third kappa shape index (κ3) is 1.95. The highest BCUT2D eigenvalue weighted by Crippen LogP contribution is 2.25. The van der Waals surface area contributed by atoms with E-state index in [9.17, 15) is 17.6 Å². The zero-order valence-electron chi connectivity index (χ0n) is 4.09. The van der Waals surface area contributed by atoms with Crippen LogP contribution < -0.4 is 0 Å². The first-order valence-electron chi connectivity index (χ1n) is 1.87. The Hall–Kier alpha value is -0.540. The van der Waals surface area contributed by atoms with Crippen molar-refractivity contribution in [3.05, 3.63) is 11.9 Å². The summed E-state index contributed by atoms with van der Waals surface area (Å²) in [5, 5.41) is 0. The van der Waals surface area contributed by atoms with Gasteiger partial charge in [0.25, 0.3) is 0 Å². The van der Waals surface area contributed by atoms with Gasteiger partial charge < -0.3 is 0 Å². The van der Waals surface area contributed by atoms with Gasteiger partial charge in [-0.1, -0.05) is 0 Å². The molecule has 0 unspecified atom stereocenters. The van der Waals surface area contributed by atoms with Crippen LogP contribution in [0.25, 0.3) is 0 Å². The molecule has 0 nitrogen and oxygen atoms in total. The molecule has 0 radical (unpaired) electrons. The molecule has 0 spiro atoms. The maximum absolute atomic E-state index is 11.4. The quantitative estimate of drug-likeness (QED) is 0.439. The maximum atomic E-state index is 11.4. The van der Waals surface area contributed by atoms with Gasteiger partial charge in [0, 0.05) is 0 Å². The van der Waals surface area contributed by atoms with Gasteiger partial charge in [0.1, 0.15) is 0 Å². The van der Waals surface area contributed by atoms with Crippen LogP contribution in [-0.2, 0) is 0 Å². The summed E-state index contributed by atoms with van der Waals surface area (Å²) in [6.45, 7) is 0.989. The van der Waals surface area contributed by atoms with Crippen molar-refractivity contribution < 1.29 is 17.6 Å². The number of allylic oxidation sites excluding steroid dienone is 2. The Morgan fingerprint density at radius 3 is 1.75 bits per heavy atom. The van der Waals surface area contributed by atoms with Crippen molar-refractivity contribution in [1.82, 2.24) is 0 Å². The summed E-state index contributed by atoms with van der Waals surface area (Å²) in [6, 6.07) is 0. The van der Waals surface area contributed by atoms with Crippen LogP contribution in [0.1, 0.15) is 6.92 Å². The smallest absolute Gasteiger partial charge is 0.202 e. The second kappa shape index (κ2) is 2.15. The average molecular weight is 128 g/mol. The van der Waals surface area contributed by atoms with E-state index in [1.807, 2.05) is 0 Å². The lowest BCUT2D eigenvalue weighted by Crippen LogP contribution is -2.06. The lowest BCUT2D eigenvalue weighted by Gasteiger charge is -1.99. The number of halogens is 4. The average Bonchev–Trinajstić information content (AvgIpc) is 1.62. The van der Waals surface area contributed by atoms with Crippen LogP contribution in [0.15, 0.2) is 11.9 Å². The van der Waals surface area contributed by atoms with Crippen LogP contribution in [0.5, 0.6) is 0 Å². The molecule has 0 fully saturated rings. The van der Waals surface area contributed by atoms with Crippen molar-refractivity contribution in [2.75, 3.05) is 0 Å². The topological polar surface area (TPSA) is 0 Å². The fourth-order valence-electron chi connectivity index (χ4n) is 0.164. The Balaban J connectivity index is 4.03. The summed E-state index contributed by atoms with van der Waals surface area (Å²) in [5.41, 5.74) is 0. The Bertz CT molecular complexity index is 99.1. The number of alkyl halides is 3. The van der Waals surface area contributed by atoms with Crippen molar-refractivity contribution in [3.8, 4) is 0 Å². The molecule has 0 saturated carbocycles. The van der Waals surface area contributed by atoms with Crippen molar-refractivity contribution in [2.24, 2.45) is 0 Å². The minimum Gasteiger partial charge on any atom is -0.202 e. The molecule has 0 amide bonds. The Morgan fingerprint density at radius 1 is 1.38 bits per heavy atom. The number of hydrogen-bond acceptors (Lipinski definition) is 0. The zero-order chi connectivity index (χ0) is 6.78. The van der Waals surface area contributed by atoms with Crippen LogP contribution in [-0.4, -0.2) is 6.18 Å². The molecule has 0 aromatic heterocycles. The molecule has 0 heterocycles. The van der Waals surface area contributed by atoms with Crippen LogP contribution in [0.2, 0.25) is 0 Å². The van der Waals surface area contributed by atoms with Gasteiger partial charge in [-0.2, -0.15) is 13.2 Å². The lowest BCUT2D eigenvalue weighted by atomic mass is 10.5. The summed E-state index contributed by atoms with van der Waals surface area (Å²) >= 11 is 0. The van der Waals surface area contributed by atoms with Gasteiger partial charge in [0.2, 0.25) is 0 Å². The molecule has 0 aromatic rings. The highest BCUT2D eigenvalue weighted by atomic mass is 19.4. The minimum atomic E-state index is -4.80. The first kappa shape index (κ1) is 7.46. The molecule has 4 heteroatoms. The fraction of sp³-hybridized carbons (Fsp3) is 0.500. The van der Waals surface area contributed by atoms with E-state index < -0.39 is 12.0 Å². The van der Waals surface area contributed by atoms with Crippen molar-refractivity contribution >= 4 is 0 Å². The second-order valence-corrected chi connectivity index (χ2v) is 1.13. The Morgan fingerprint density at radius 2 is 1.75 bits per heavy atom. The van der Waals surface area contributed by atoms with Gasteiger partial charge >= 0.3 is 6.18 Å². The molecule has 0 aliphatic rings. The predicted octanol–water partition coefficient (Wildman–Crippen LogP) is 2.42. The van der Waals surface area contributed by atoms with Crippen molar-refractivity contribution in [2.45, 2.75) is 13.1 Å². The zero-order valence-corrected chi connectivity index (χ0v) is 4.09. The first-order chi connectivity index (χ1) is 3.48. The molecule has 0 N–H and O–H groups in total. The molecule has 0 saturated heterocycles. The summed E-state index contributed by atoms with van der Waals surface area (Å²) in [4.78, 5) is 0. The number of hydrogen-bond donors (Lipinski definition) is 0. The van der Waals surface area contributed by atoms with Gasteiger partial charge in [-0.15, -0.1) is 0 Å². The standard InChI is InChI=1S/C4H4F4/c1-2-3(5)4(6,7)8/h2H,1H3. The van der Waals surface area contributed by atoms with E-state index in [0.717, 1.165) is 6.92 Å². The molecule has 0 rings (SSSR count). The highest BCUT2D eigenvalue weighted by molar-refractivity contribution is 4.95. The van der Waals surface area contributed by atoms with Gasteiger partial charge in [0.15, 0.2) is 5.83 Å². The minimum absolute atomic E-state index is 0.375. The van der Waals surface area contributed by atoms with Gasteiger partial charge in [0.05, 0.1) is 0 Å². The fourth-order valence-corrected chi connectivity index (χ4v) is 0.164. The van der Waals surface area contributed by atoms with E-state index in [4.69, 9.17) is 0 Å². The Kier molecular flexibility index (Phi) is 2.01.